The van der Waals surface area contributed by atoms with Crippen molar-refractivity contribution < 1.29 is 0 Å². The van der Waals surface area contributed by atoms with E-state index in [1.54, 1.807) is 0 Å². The summed E-state index contributed by atoms with van der Waals surface area (Å²) in [5.74, 6) is 0. The molecule has 15 aromatic carbocycles. The van der Waals surface area contributed by atoms with Crippen molar-refractivity contribution in [1.29, 1.82) is 0 Å². The highest BCUT2D eigenvalue weighted by Crippen LogP contribution is 2.43. The fraction of sp³-hybridized carbons (Fsp3) is 0. The number of hydrogen-bond acceptors (Lipinski definition) is 1. The van der Waals surface area contributed by atoms with E-state index in [1.165, 1.54) is 130 Å². The van der Waals surface area contributed by atoms with Crippen LogP contribution in [-0.2, 0) is 0 Å². The quantitative estimate of drug-likeness (QED) is 0.151. The zero-order valence-corrected chi connectivity index (χ0v) is 36.5. The zero-order chi connectivity index (χ0) is 43.7. The lowest BCUT2D eigenvalue weighted by atomic mass is 9.91. The molecule has 67 heavy (non-hydrogen) atoms. The number of hydrogen-bond donors (Lipinski definition) is 0. The maximum absolute atomic E-state index is 2.39. The summed E-state index contributed by atoms with van der Waals surface area (Å²) in [6, 6.07) is 88.5. The Morgan fingerprint density at radius 3 is 0.582 bits per heavy atom. The van der Waals surface area contributed by atoms with E-state index in [4.69, 9.17) is 0 Å². The van der Waals surface area contributed by atoms with Crippen LogP contribution in [0.1, 0.15) is 0 Å². The third-order valence-corrected chi connectivity index (χ3v) is 14.8. The van der Waals surface area contributed by atoms with Crippen LogP contribution < -0.4 is 4.90 Å². The molecule has 0 aliphatic carbocycles. The summed E-state index contributed by atoms with van der Waals surface area (Å²) < 4.78 is 0. The SMILES string of the molecule is c1cc2ccc3cc(-c4ccc(N(c5ccc(-c6cc7ccc8cccc9ccc(c6)c7c89)cc5)c5ccc(-c6cc7ccc8cccc9ccc(c6)c7c89)cc5)cc4)cc4ccc(c1)c2c34. The van der Waals surface area contributed by atoms with E-state index < -0.39 is 0 Å². The molecule has 0 N–H and O–H groups in total. The third kappa shape index (κ3) is 5.56. The van der Waals surface area contributed by atoms with Gasteiger partial charge in [-0.2, -0.15) is 0 Å². The first-order chi connectivity index (χ1) is 33.1. The van der Waals surface area contributed by atoms with Gasteiger partial charge >= 0.3 is 0 Å². The number of benzene rings is 15. The topological polar surface area (TPSA) is 3.24 Å². The molecule has 1 heteroatoms. The van der Waals surface area contributed by atoms with Crippen LogP contribution in [0.15, 0.2) is 237 Å². The molecule has 0 saturated carbocycles. The van der Waals surface area contributed by atoms with E-state index in [-0.39, 0.29) is 0 Å². The summed E-state index contributed by atoms with van der Waals surface area (Å²) in [7, 11) is 0. The highest BCUT2D eigenvalue weighted by molar-refractivity contribution is 6.26. The summed E-state index contributed by atoms with van der Waals surface area (Å²) in [6.45, 7) is 0. The van der Waals surface area contributed by atoms with E-state index in [2.05, 4.69) is 241 Å². The van der Waals surface area contributed by atoms with Gasteiger partial charge in [-0.25, -0.2) is 0 Å². The molecule has 0 fully saturated rings. The van der Waals surface area contributed by atoms with Gasteiger partial charge in [-0.05, 0) is 203 Å². The van der Waals surface area contributed by atoms with Gasteiger partial charge < -0.3 is 4.90 Å². The van der Waals surface area contributed by atoms with Gasteiger partial charge in [-0.15, -0.1) is 0 Å². The molecule has 0 radical (unpaired) electrons. The van der Waals surface area contributed by atoms with E-state index in [9.17, 15) is 0 Å². The standard InChI is InChI=1S/C66H39N/c1-4-43-10-16-49-34-55(35-50-17-11-44(5-1)61(43)64(49)50)40-22-28-58(29-23-40)67(59-30-24-41(25-31-59)56-36-51-18-12-45-6-2-7-46-13-19-52(37-56)65(51)62(45)46)60-32-26-42(27-33-60)57-38-53-20-14-47-8-3-9-48-15-21-54(39-57)66(53)63(47)48/h1-39H. The van der Waals surface area contributed by atoms with Gasteiger partial charge in [0.05, 0.1) is 0 Å². The van der Waals surface area contributed by atoms with Crippen molar-refractivity contribution in [2.24, 2.45) is 0 Å². The predicted molar refractivity (Wildman–Crippen MR) is 289 cm³/mol. The molecule has 308 valence electrons. The van der Waals surface area contributed by atoms with E-state index >= 15 is 0 Å². The smallest absolute Gasteiger partial charge is 0.0462 e. The lowest BCUT2D eigenvalue weighted by molar-refractivity contribution is 1.28. The molecule has 0 bridgehead atoms. The minimum absolute atomic E-state index is 1.10. The Labute approximate surface area is 387 Å². The molecule has 1 nitrogen and oxygen atoms in total. The van der Waals surface area contributed by atoms with Gasteiger partial charge in [0, 0.05) is 17.1 Å². The van der Waals surface area contributed by atoms with Crippen molar-refractivity contribution in [3.8, 4) is 33.4 Å². The van der Waals surface area contributed by atoms with Gasteiger partial charge in [-0.3, -0.25) is 0 Å². The third-order valence-electron chi connectivity index (χ3n) is 14.8. The molecule has 0 saturated heterocycles. The minimum Gasteiger partial charge on any atom is -0.311 e. The average Bonchev–Trinajstić information content (AvgIpc) is 3.39. The summed E-state index contributed by atoms with van der Waals surface area (Å²) in [5.41, 5.74) is 10.6. The van der Waals surface area contributed by atoms with Crippen LogP contribution in [0.3, 0.4) is 0 Å². The number of rotatable bonds is 6. The Balaban J connectivity index is 0.826. The molecule has 0 amide bonds. The van der Waals surface area contributed by atoms with Crippen molar-refractivity contribution in [3.63, 3.8) is 0 Å². The van der Waals surface area contributed by atoms with Gasteiger partial charge in [0.1, 0.15) is 0 Å². The second-order valence-electron chi connectivity index (χ2n) is 18.5. The fourth-order valence-corrected chi connectivity index (χ4v) is 11.6. The van der Waals surface area contributed by atoms with Crippen molar-refractivity contribution in [2.45, 2.75) is 0 Å². The first-order valence-electron chi connectivity index (χ1n) is 23.3. The molecular weight excluding hydrogens is 807 g/mol. The maximum Gasteiger partial charge on any atom is 0.0462 e. The fourth-order valence-electron chi connectivity index (χ4n) is 11.6. The molecule has 0 atom stereocenters. The van der Waals surface area contributed by atoms with Gasteiger partial charge in [-0.1, -0.05) is 164 Å². The molecule has 0 heterocycles. The normalized spacial score (nSPS) is 12.2. The predicted octanol–water partition coefficient (Wildman–Crippen LogP) is 18.8. The van der Waals surface area contributed by atoms with Gasteiger partial charge in [0.25, 0.3) is 0 Å². The van der Waals surface area contributed by atoms with Crippen molar-refractivity contribution in [3.05, 3.63) is 237 Å². The molecule has 0 spiro atoms. The Morgan fingerprint density at radius 1 is 0.164 bits per heavy atom. The molecular formula is C66H39N. The lowest BCUT2D eigenvalue weighted by Gasteiger charge is -2.26. The Bertz CT molecular complexity index is 3760. The summed E-state index contributed by atoms with van der Waals surface area (Å²) in [4.78, 5) is 2.39. The number of anilines is 3. The lowest BCUT2D eigenvalue weighted by Crippen LogP contribution is -2.09. The first kappa shape index (κ1) is 36.5. The van der Waals surface area contributed by atoms with Crippen molar-refractivity contribution in [2.75, 3.05) is 4.90 Å². The van der Waals surface area contributed by atoms with Crippen molar-refractivity contribution >= 4 is 114 Å². The molecule has 0 aliphatic heterocycles. The highest BCUT2D eigenvalue weighted by atomic mass is 15.1. The maximum atomic E-state index is 2.39. The molecule has 0 unspecified atom stereocenters. The van der Waals surface area contributed by atoms with Crippen LogP contribution in [0, 0.1) is 0 Å². The largest absolute Gasteiger partial charge is 0.311 e. The summed E-state index contributed by atoms with van der Waals surface area (Å²) in [5, 5.41) is 23.5. The summed E-state index contributed by atoms with van der Waals surface area (Å²) >= 11 is 0. The van der Waals surface area contributed by atoms with E-state index in [1.807, 2.05) is 0 Å². The molecule has 0 aliphatic rings. The van der Waals surface area contributed by atoms with Gasteiger partial charge in [0.2, 0.25) is 0 Å². The van der Waals surface area contributed by atoms with E-state index in [0.29, 0.717) is 0 Å². The van der Waals surface area contributed by atoms with Crippen LogP contribution in [-0.4, -0.2) is 0 Å². The van der Waals surface area contributed by atoms with Crippen molar-refractivity contribution in [1.82, 2.24) is 0 Å². The second-order valence-corrected chi connectivity index (χ2v) is 18.5. The van der Waals surface area contributed by atoms with Crippen LogP contribution >= 0.6 is 0 Å². The molecule has 0 aromatic heterocycles. The van der Waals surface area contributed by atoms with Crippen LogP contribution in [0.5, 0.6) is 0 Å². The highest BCUT2D eigenvalue weighted by Gasteiger charge is 2.17. The Kier molecular flexibility index (Phi) is 7.56. The monoisotopic (exact) mass is 845 g/mol. The molecule has 15 aromatic rings. The number of nitrogens with zero attached hydrogens (tertiary/aromatic N) is 1. The Hall–Kier alpha value is -8.78. The second kappa shape index (κ2) is 13.9. The first-order valence-corrected chi connectivity index (χ1v) is 23.3. The van der Waals surface area contributed by atoms with Gasteiger partial charge in [0.15, 0.2) is 0 Å². The average molecular weight is 846 g/mol. The summed E-state index contributed by atoms with van der Waals surface area (Å²) in [6.07, 6.45) is 0. The zero-order valence-electron chi connectivity index (χ0n) is 36.5. The van der Waals surface area contributed by atoms with E-state index in [0.717, 1.165) is 17.1 Å². The van der Waals surface area contributed by atoms with Crippen LogP contribution in [0.2, 0.25) is 0 Å². The Morgan fingerprint density at radius 2 is 0.358 bits per heavy atom. The minimum atomic E-state index is 1.10. The molecule has 15 rings (SSSR count). The van der Waals surface area contributed by atoms with Crippen LogP contribution in [0.4, 0.5) is 17.1 Å². The van der Waals surface area contributed by atoms with Crippen LogP contribution in [0.25, 0.3) is 130 Å².